The fourth-order valence-corrected chi connectivity index (χ4v) is 2.20. The molecule has 1 saturated heterocycles. The van der Waals surface area contributed by atoms with Crippen molar-refractivity contribution in [3.63, 3.8) is 0 Å². The van der Waals surface area contributed by atoms with E-state index in [-0.39, 0.29) is 11.9 Å². The third-order valence-electron chi connectivity index (χ3n) is 3.10. The highest BCUT2D eigenvalue weighted by molar-refractivity contribution is 5.86. The van der Waals surface area contributed by atoms with Crippen molar-refractivity contribution in [3.05, 3.63) is 41.8 Å². The van der Waals surface area contributed by atoms with E-state index >= 15 is 0 Å². The van der Waals surface area contributed by atoms with Crippen LogP contribution >= 0.6 is 0 Å². The highest BCUT2D eigenvalue weighted by Crippen LogP contribution is 2.33. The third kappa shape index (κ3) is 2.24. The van der Waals surface area contributed by atoms with Gasteiger partial charge in [-0.05, 0) is 25.0 Å². The van der Waals surface area contributed by atoms with Crippen LogP contribution in [0.5, 0.6) is 0 Å². The molecule has 0 amide bonds. The van der Waals surface area contributed by atoms with Gasteiger partial charge in [0.05, 0.1) is 0 Å². The predicted octanol–water partition coefficient (Wildman–Crippen LogP) is 2.89. The van der Waals surface area contributed by atoms with E-state index in [1.165, 1.54) is 0 Å². The number of nitrogens with zero attached hydrogens (tertiary/aromatic N) is 1. The molecule has 5 heteroatoms. The second-order valence-electron chi connectivity index (χ2n) is 4.41. The summed E-state index contributed by atoms with van der Waals surface area (Å²) in [4.78, 5) is 15.5. The van der Waals surface area contributed by atoms with Crippen molar-refractivity contribution in [2.24, 2.45) is 0 Å². The Labute approximate surface area is 109 Å². The van der Waals surface area contributed by atoms with Crippen molar-refractivity contribution in [2.75, 3.05) is 6.61 Å². The first-order valence-electron chi connectivity index (χ1n) is 6.17. The predicted molar refractivity (Wildman–Crippen MR) is 66.8 cm³/mol. The fourth-order valence-electron chi connectivity index (χ4n) is 2.20. The average Bonchev–Trinajstić information content (AvgIpc) is 3.08. The lowest BCUT2D eigenvalue weighted by atomic mass is 10.1. The molecule has 98 valence electrons. The summed E-state index contributed by atoms with van der Waals surface area (Å²) in [6.45, 7) is 0.636. The standard InChI is InChI=1S/C14H13NO4/c16-14(17)12-11(10-7-4-8-18-10)15-13(19-12)9-5-2-1-3-6-9/h1-3,5-6,10H,4,7-8H2,(H,16,17). The second-order valence-corrected chi connectivity index (χ2v) is 4.41. The Kier molecular flexibility index (Phi) is 3.05. The minimum absolute atomic E-state index is 0.120. The Morgan fingerprint density at radius 2 is 2.11 bits per heavy atom. The van der Waals surface area contributed by atoms with Gasteiger partial charge in [0.15, 0.2) is 0 Å². The van der Waals surface area contributed by atoms with Crippen molar-refractivity contribution in [2.45, 2.75) is 18.9 Å². The van der Waals surface area contributed by atoms with Crippen molar-refractivity contribution in [1.82, 2.24) is 4.98 Å². The molecule has 3 rings (SSSR count). The van der Waals surface area contributed by atoms with Gasteiger partial charge in [0.1, 0.15) is 11.8 Å². The molecule has 1 aromatic carbocycles. The zero-order chi connectivity index (χ0) is 13.2. The SMILES string of the molecule is O=C(O)c1oc(-c2ccccc2)nc1C1CCCO1. The van der Waals surface area contributed by atoms with Gasteiger partial charge in [-0.15, -0.1) is 0 Å². The minimum Gasteiger partial charge on any atom is -0.475 e. The first kappa shape index (κ1) is 11.9. The quantitative estimate of drug-likeness (QED) is 0.917. The molecule has 0 bridgehead atoms. The molecule has 1 unspecified atom stereocenters. The highest BCUT2D eigenvalue weighted by atomic mass is 16.5. The third-order valence-corrected chi connectivity index (χ3v) is 3.10. The molecule has 2 aromatic rings. The zero-order valence-electron chi connectivity index (χ0n) is 10.2. The molecular weight excluding hydrogens is 246 g/mol. The summed E-state index contributed by atoms with van der Waals surface area (Å²) in [5, 5.41) is 9.20. The molecule has 1 N–H and O–H groups in total. The van der Waals surface area contributed by atoms with E-state index in [4.69, 9.17) is 9.15 Å². The van der Waals surface area contributed by atoms with E-state index in [0.29, 0.717) is 18.2 Å². The number of rotatable bonds is 3. The number of hydrogen-bond acceptors (Lipinski definition) is 4. The molecule has 0 radical (unpaired) electrons. The van der Waals surface area contributed by atoms with Gasteiger partial charge in [-0.1, -0.05) is 18.2 Å². The Bertz CT molecular complexity index is 585. The van der Waals surface area contributed by atoms with E-state index in [0.717, 1.165) is 18.4 Å². The Balaban J connectivity index is 2.04. The van der Waals surface area contributed by atoms with Crippen LogP contribution in [0.1, 0.15) is 35.2 Å². The maximum Gasteiger partial charge on any atom is 0.373 e. The second kappa shape index (κ2) is 4.85. The van der Waals surface area contributed by atoms with Crippen LogP contribution in [0.4, 0.5) is 0 Å². The maximum atomic E-state index is 11.2. The van der Waals surface area contributed by atoms with E-state index in [1.54, 1.807) is 0 Å². The molecule has 0 saturated carbocycles. The van der Waals surface area contributed by atoms with Gasteiger partial charge in [-0.3, -0.25) is 0 Å². The molecule has 2 heterocycles. The van der Waals surface area contributed by atoms with Crippen LogP contribution in [0, 0.1) is 0 Å². The molecule has 1 aliphatic heterocycles. The van der Waals surface area contributed by atoms with E-state index in [2.05, 4.69) is 4.98 Å². The van der Waals surface area contributed by atoms with Crippen LogP contribution < -0.4 is 0 Å². The smallest absolute Gasteiger partial charge is 0.373 e. The summed E-state index contributed by atoms with van der Waals surface area (Å²) in [6.07, 6.45) is 1.42. The number of ether oxygens (including phenoxy) is 1. The number of hydrogen-bond donors (Lipinski definition) is 1. The monoisotopic (exact) mass is 259 g/mol. The first-order chi connectivity index (χ1) is 9.25. The van der Waals surface area contributed by atoms with Crippen LogP contribution in [0.15, 0.2) is 34.7 Å². The molecule has 0 aliphatic carbocycles. The van der Waals surface area contributed by atoms with Crippen molar-refractivity contribution in [1.29, 1.82) is 0 Å². The highest BCUT2D eigenvalue weighted by Gasteiger charge is 2.29. The topological polar surface area (TPSA) is 72.6 Å². The average molecular weight is 259 g/mol. The number of aromatic carboxylic acids is 1. The number of carboxylic acids is 1. The summed E-state index contributed by atoms with van der Waals surface area (Å²) in [5.74, 6) is -0.908. The molecule has 19 heavy (non-hydrogen) atoms. The van der Waals surface area contributed by atoms with Crippen molar-refractivity contribution < 1.29 is 19.1 Å². The van der Waals surface area contributed by atoms with Gasteiger partial charge in [0.2, 0.25) is 11.7 Å². The molecule has 0 spiro atoms. The number of carbonyl (C=O) groups is 1. The zero-order valence-corrected chi connectivity index (χ0v) is 10.2. The number of benzene rings is 1. The lowest BCUT2D eigenvalue weighted by Crippen LogP contribution is -2.04. The Hall–Kier alpha value is -2.14. The van der Waals surface area contributed by atoms with Gasteiger partial charge < -0.3 is 14.3 Å². The molecule has 1 fully saturated rings. The Morgan fingerprint density at radius 3 is 2.74 bits per heavy atom. The van der Waals surface area contributed by atoms with Gasteiger partial charge in [-0.2, -0.15) is 0 Å². The van der Waals surface area contributed by atoms with Crippen LogP contribution in [-0.4, -0.2) is 22.7 Å². The van der Waals surface area contributed by atoms with Gasteiger partial charge in [0, 0.05) is 12.2 Å². The van der Waals surface area contributed by atoms with E-state index in [1.807, 2.05) is 30.3 Å². The lowest BCUT2D eigenvalue weighted by Gasteiger charge is -2.04. The summed E-state index contributed by atoms with van der Waals surface area (Å²) < 4.78 is 10.9. The van der Waals surface area contributed by atoms with E-state index < -0.39 is 5.97 Å². The van der Waals surface area contributed by atoms with Crippen LogP contribution in [-0.2, 0) is 4.74 Å². The number of carboxylic acid groups (broad SMARTS) is 1. The van der Waals surface area contributed by atoms with Crippen molar-refractivity contribution >= 4 is 5.97 Å². The van der Waals surface area contributed by atoms with Gasteiger partial charge in [0.25, 0.3) is 0 Å². The van der Waals surface area contributed by atoms with Crippen LogP contribution in [0.2, 0.25) is 0 Å². The lowest BCUT2D eigenvalue weighted by molar-refractivity contribution is 0.0643. The van der Waals surface area contributed by atoms with Crippen LogP contribution in [0.25, 0.3) is 11.5 Å². The summed E-state index contributed by atoms with van der Waals surface area (Å²) >= 11 is 0. The molecule has 1 aliphatic rings. The van der Waals surface area contributed by atoms with Crippen molar-refractivity contribution in [3.8, 4) is 11.5 Å². The van der Waals surface area contributed by atoms with Gasteiger partial charge >= 0.3 is 5.97 Å². The molecule has 1 atom stereocenters. The van der Waals surface area contributed by atoms with Gasteiger partial charge in [-0.25, -0.2) is 9.78 Å². The minimum atomic E-state index is -1.11. The first-order valence-corrected chi connectivity index (χ1v) is 6.17. The largest absolute Gasteiger partial charge is 0.475 e. The molecular formula is C14H13NO4. The fraction of sp³-hybridized carbons (Fsp3) is 0.286. The number of oxazole rings is 1. The Morgan fingerprint density at radius 1 is 1.32 bits per heavy atom. The summed E-state index contributed by atoms with van der Waals surface area (Å²) in [5.41, 5.74) is 1.15. The summed E-state index contributed by atoms with van der Waals surface area (Å²) in [7, 11) is 0. The molecule has 5 nitrogen and oxygen atoms in total. The van der Waals surface area contributed by atoms with Crippen LogP contribution in [0.3, 0.4) is 0 Å². The summed E-state index contributed by atoms with van der Waals surface area (Å²) in [6, 6.07) is 9.25. The normalized spacial score (nSPS) is 18.6. The maximum absolute atomic E-state index is 11.2. The van der Waals surface area contributed by atoms with E-state index in [9.17, 15) is 9.90 Å². The molecule has 1 aromatic heterocycles. The number of aromatic nitrogens is 1.